The van der Waals surface area contributed by atoms with Crippen molar-refractivity contribution in [1.29, 1.82) is 0 Å². The molecule has 4 atom stereocenters. The molecule has 1 saturated carbocycles. The molecule has 1 heterocycles. The molecule has 58 heavy (non-hydrogen) atoms. The lowest BCUT2D eigenvalue weighted by molar-refractivity contribution is -0.190. The predicted molar refractivity (Wildman–Crippen MR) is 230 cm³/mol. The maximum Gasteiger partial charge on any atom is 0.328 e. The lowest BCUT2D eigenvalue weighted by Crippen LogP contribution is -2.48. The van der Waals surface area contributed by atoms with Crippen LogP contribution in [-0.4, -0.2) is 57.4 Å². The van der Waals surface area contributed by atoms with Crippen molar-refractivity contribution in [1.82, 2.24) is 5.32 Å². The minimum absolute atomic E-state index is 0.0515. The Morgan fingerprint density at radius 1 is 0.862 bits per heavy atom. The zero-order chi connectivity index (χ0) is 42.8. The van der Waals surface area contributed by atoms with Gasteiger partial charge in [-0.25, -0.2) is 4.79 Å². The number of carbonyl (C=O) groups is 4. The van der Waals surface area contributed by atoms with Crippen LogP contribution in [0, 0.1) is 29.6 Å². The molecule has 11 heteroatoms. The van der Waals surface area contributed by atoms with Crippen LogP contribution in [0.1, 0.15) is 157 Å². The number of Topliss-reactive ketones (excluding diaryl/α,β-unsaturated/α-hetero) is 1. The predicted octanol–water partition coefficient (Wildman–Crippen LogP) is 10.2. The van der Waals surface area contributed by atoms with E-state index in [4.69, 9.17) is 13.7 Å². The van der Waals surface area contributed by atoms with Crippen molar-refractivity contribution >= 4 is 34.3 Å². The number of esters is 2. The lowest BCUT2D eigenvalue weighted by atomic mass is 9.77. The second-order valence-electron chi connectivity index (χ2n) is 16.9. The summed E-state index contributed by atoms with van der Waals surface area (Å²) in [4.78, 5) is 48.2. The van der Waals surface area contributed by atoms with Gasteiger partial charge in [-0.15, -0.1) is 0 Å². The van der Waals surface area contributed by atoms with Crippen molar-refractivity contribution < 1.29 is 41.3 Å². The van der Waals surface area contributed by atoms with E-state index in [1.807, 2.05) is 19.9 Å². The standard InChI is InChI=1S/C29H49NO5.C18H26O4S/c1-5-7-9-11-12-13-14-15-16-18-24(34-29(33)26(30-22-31)20-23(3)4)21-27-25(28(32)35-27)19-17-10-8-6-2;1-14(2)12-15-8-10-16(11-9-15)18(19)13-22-23(20,21)17-6-4-3-5-7-17/h12-13,15-16,22-27H,5-11,14,17-21H2,1-4H3,(H,30,31);3-7,14-16H,8-13H2,1-2H3/b13-12-,16-15-;/t24-,25-,26-,27-;15-,16-/m0./s1. The summed E-state index contributed by atoms with van der Waals surface area (Å²) in [7, 11) is -3.84. The Hall–Kier alpha value is -3.31. The zero-order valence-corrected chi connectivity index (χ0v) is 37.2. The molecule has 0 aromatic heterocycles. The molecule has 1 saturated heterocycles. The molecule has 2 fully saturated rings. The average molecular weight is 830 g/mol. The number of nitrogens with one attached hydrogen (secondary N) is 1. The Kier molecular flexibility index (Phi) is 25.4. The van der Waals surface area contributed by atoms with Gasteiger partial charge in [-0.3, -0.25) is 18.6 Å². The Morgan fingerprint density at radius 3 is 2.16 bits per heavy atom. The summed E-state index contributed by atoms with van der Waals surface area (Å²) in [6.45, 7) is 12.5. The fraction of sp³-hybridized carbons (Fsp3) is 0.702. The second kappa shape index (κ2) is 29.0. The average Bonchev–Trinajstić information content (AvgIpc) is 3.19. The van der Waals surface area contributed by atoms with Crippen LogP contribution < -0.4 is 5.32 Å². The summed E-state index contributed by atoms with van der Waals surface area (Å²) in [6, 6.07) is 7.27. The summed E-state index contributed by atoms with van der Waals surface area (Å²) in [5.74, 6) is 0.813. The smallest absolute Gasteiger partial charge is 0.328 e. The van der Waals surface area contributed by atoms with E-state index in [0.717, 1.165) is 64.2 Å². The number of cyclic esters (lactones) is 1. The molecule has 0 radical (unpaired) electrons. The van der Waals surface area contributed by atoms with E-state index in [2.05, 4.69) is 51.2 Å². The first-order valence-electron chi connectivity index (χ1n) is 22.2. The van der Waals surface area contributed by atoms with Gasteiger partial charge >= 0.3 is 11.9 Å². The Balaban J connectivity index is 0.000000434. The van der Waals surface area contributed by atoms with Crippen LogP contribution in [0.5, 0.6) is 0 Å². The highest BCUT2D eigenvalue weighted by Gasteiger charge is 2.43. The van der Waals surface area contributed by atoms with Crippen molar-refractivity contribution in [2.45, 2.75) is 180 Å². The molecule has 2 aliphatic rings. The summed E-state index contributed by atoms with van der Waals surface area (Å²) in [5, 5.41) is 2.59. The number of hydrogen-bond acceptors (Lipinski definition) is 9. The first kappa shape index (κ1) is 50.8. The van der Waals surface area contributed by atoms with Gasteiger partial charge in [0.25, 0.3) is 10.1 Å². The molecule has 1 aromatic carbocycles. The fourth-order valence-corrected chi connectivity index (χ4v) is 8.53. The highest BCUT2D eigenvalue weighted by molar-refractivity contribution is 7.86. The summed E-state index contributed by atoms with van der Waals surface area (Å²) in [6.07, 6.45) is 26.0. The quantitative estimate of drug-likeness (QED) is 0.0287. The maximum atomic E-state index is 12.8. The number of allylic oxidation sites excluding steroid dienone is 3. The first-order chi connectivity index (χ1) is 27.8. The van der Waals surface area contributed by atoms with E-state index in [1.54, 1.807) is 18.2 Å². The first-order valence-corrected chi connectivity index (χ1v) is 23.6. The number of benzene rings is 1. The highest BCUT2D eigenvalue weighted by Crippen LogP contribution is 2.34. The van der Waals surface area contributed by atoms with Crippen LogP contribution in [0.4, 0.5) is 0 Å². The largest absolute Gasteiger partial charge is 0.461 e. The molecule has 0 spiro atoms. The normalized spacial score (nSPS) is 20.6. The number of rotatable bonds is 28. The molecule has 1 aromatic rings. The minimum Gasteiger partial charge on any atom is -0.461 e. The number of ether oxygens (including phenoxy) is 2. The maximum absolute atomic E-state index is 12.8. The Morgan fingerprint density at radius 2 is 1.53 bits per heavy atom. The molecule has 3 rings (SSSR count). The van der Waals surface area contributed by atoms with E-state index in [9.17, 15) is 27.6 Å². The van der Waals surface area contributed by atoms with Gasteiger partial charge in [-0.1, -0.05) is 123 Å². The molecule has 1 amide bonds. The molecule has 1 aliphatic carbocycles. The Labute approximate surface area is 350 Å². The van der Waals surface area contributed by atoms with Crippen LogP contribution in [0.15, 0.2) is 59.5 Å². The molecular formula is C47H75NO9S. The molecule has 328 valence electrons. The molecule has 1 N–H and O–H groups in total. The number of ketones is 1. The molecule has 0 unspecified atom stereocenters. The summed E-state index contributed by atoms with van der Waals surface area (Å²) in [5.41, 5.74) is 0. The third kappa shape index (κ3) is 20.6. The van der Waals surface area contributed by atoms with Crippen molar-refractivity contribution in [2.24, 2.45) is 29.6 Å². The molecule has 0 bridgehead atoms. The Bertz CT molecular complexity index is 1480. The van der Waals surface area contributed by atoms with E-state index in [0.29, 0.717) is 37.5 Å². The van der Waals surface area contributed by atoms with Crippen molar-refractivity contribution in [2.75, 3.05) is 6.61 Å². The van der Waals surface area contributed by atoms with Gasteiger partial charge in [0.2, 0.25) is 6.41 Å². The van der Waals surface area contributed by atoms with Gasteiger partial charge < -0.3 is 14.8 Å². The summed E-state index contributed by atoms with van der Waals surface area (Å²) < 4.78 is 40.3. The van der Waals surface area contributed by atoms with Crippen LogP contribution in [-0.2, 0) is 43.0 Å². The fourth-order valence-electron chi connectivity index (χ4n) is 7.63. The van der Waals surface area contributed by atoms with Crippen molar-refractivity contribution in [3.05, 3.63) is 54.6 Å². The second-order valence-corrected chi connectivity index (χ2v) is 18.6. The molecule has 1 aliphatic heterocycles. The summed E-state index contributed by atoms with van der Waals surface area (Å²) >= 11 is 0. The topological polar surface area (TPSA) is 142 Å². The van der Waals surface area contributed by atoms with E-state index in [-0.39, 0.29) is 47.1 Å². The van der Waals surface area contributed by atoms with Gasteiger partial charge in [-0.05, 0) is 94.1 Å². The third-order valence-corrected chi connectivity index (χ3v) is 12.2. The number of carbonyl (C=O) groups excluding carboxylic acids is 4. The molecule has 10 nitrogen and oxygen atoms in total. The monoisotopic (exact) mass is 830 g/mol. The zero-order valence-electron chi connectivity index (χ0n) is 36.4. The van der Waals surface area contributed by atoms with Gasteiger partial charge in [0.15, 0.2) is 5.78 Å². The minimum atomic E-state index is -3.84. The van der Waals surface area contributed by atoms with Crippen LogP contribution in [0.3, 0.4) is 0 Å². The van der Waals surface area contributed by atoms with Gasteiger partial charge in [0.1, 0.15) is 24.9 Å². The number of amides is 1. The number of hydrogen-bond donors (Lipinski definition) is 1. The van der Waals surface area contributed by atoms with Crippen molar-refractivity contribution in [3.8, 4) is 0 Å². The van der Waals surface area contributed by atoms with Gasteiger partial charge in [-0.2, -0.15) is 8.42 Å². The van der Waals surface area contributed by atoms with Crippen molar-refractivity contribution in [3.63, 3.8) is 0 Å². The number of unbranched alkanes of at least 4 members (excludes halogenated alkanes) is 6. The van der Waals surface area contributed by atoms with Crippen LogP contribution >= 0.6 is 0 Å². The third-order valence-electron chi connectivity index (χ3n) is 10.9. The van der Waals surface area contributed by atoms with E-state index >= 15 is 0 Å². The van der Waals surface area contributed by atoms with Gasteiger partial charge in [0.05, 0.1) is 10.8 Å². The SMILES string of the molecule is CC(C)C[C@H]1CC[C@H](C(=O)COS(=O)(=O)c2ccccc2)CC1.CCCCC/C=C\C/C=C\C[C@@H](C[C@@H]1OC(=O)[C@H]1CCCCCC)OC(=O)[C@H](CC(C)C)NC=O. The van der Waals surface area contributed by atoms with Gasteiger partial charge in [0, 0.05) is 18.8 Å². The lowest BCUT2D eigenvalue weighted by Gasteiger charge is -2.37. The molecular weight excluding hydrogens is 755 g/mol. The highest BCUT2D eigenvalue weighted by atomic mass is 32.2. The van der Waals surface area contributed by atoms with Crippen LogP contribution in [0.25, 0.3) is 0 Å². The van der Waals surface area contributed by atoms with E-state index < -0.39 is 28.2 Å². The van der Waals surface area contributed by atoms with E-state index in [1.165, 1.54) is 44.2 Å². The van der Waals surface area contributed by atoms with Crippen LogP contribution in [0.2, 0.25) is 0 Å².